The van der Waals surface area contributed by atoms with E-state index in [2.05, 4.69) is 11.6 Å². The number of nitrogens with zero attached hydrogens (tertiary/aromatic N) is 1. The number of allylic oxidation sites excluding steroid dienone is 5. The molecule has 2 heteroatoms. The highest BCUT2D eigenvalue weighted by Crippen LogP contribution is 1.96. The van der Waals surface area contributed by atoms with Crippen molar-refractivity contribution in [1.29, 1.82) is 0 Å². The topological polar surface area (TPSA) is 38.4 Å². The van der Waals surface area contributed by atoms with Gasteiger partial charge in [0.25, 0.3) is 0 Å². The average Bonchev–Trinajstić information content (AvgIpc) is 2.10. The van der Waals surface area contributed by atoms with Gasteiger partial charge in [-0.15, -0.1) is 0 Å². The molecule has 0 aromatic heterocycles. The summed E-state index contributed by atoms with van der Waals surface area (Å²) in [6.45, 7) is 5.40. The van der Waals surface area contributed by atoms with Crippen molar-refractivity contribution < 1.29 is 0 Å². The van der Waals surface area contributed by atoms with Crippen LogP contribution < -0.4 is 5.73 Å². The van der Waals surface area contributed by atoms with Crippen LogP contribution in [0.5, 0.6) is 0 Å². The smallest absolute Gasteiger partial charge is 0.0267 e. The zero-order chi connectivity index (χ0) is 9.23. The van der Waals surface area contributed by atoms with Crippen LogP contribution in [0.3, 0.4) is 0 Å². The molecule has 2 N–H and O–H groups in total. The van der Waals surface area contributed by atoms with Gasteiger partial charge in [-0.25, -0.2) is 0 Å². The Morgan fingerprint density at radius 3 is 2.67 bits per heavy atom. The van der Waals surface area contributed by atoms with Gasteiger partial charge >= 0.3 is 0 Å². The maximum Gasteiger partial charge on any atom is 0.0267 e. The summed E-state index contributed by atoms with van der Waals surface area (Å²) < 4.78 is 0. The molecule has 0 aliphatic rings. The van der Waals surface area contributed by atoms with Gasteiger partial charge in [0.2, 0.25) is 0 Å². The molecule has 0 radical (unpaired) electrons. The zero-order valence-corrected chi connectivity index (χ0v) is 7.27. The van der Waals surface area contributed by atoms with Crippen molar-refractivity contribution in [3.8, 4) is 0 Å². The highest BCUT2D eigenvalue weighted by Gasteiger charge is 1.78. The van der Waals surface area contributed by atoms with Crippen LogP contribution >= 0.6 is 0 Å². The number of hydrogen-bond acceptors (Lipinski definition) is 2. The van der Waals surface area contributed by atoms with Crippen molar-refractivity contribution in [3.63, 3.8) is 0 Å². The monoisotopic (exact) mass is 162 g/mol. The second-order valence-electron chi connectivity index (χ2n) is 1.99. The molecule has 0 aliphatic carbocycles. The minimum Gasteiger partial charge on any atom is -0.405 e. The standard InChI is InChI=1S/C10H14N2/c1-3-10(7-8-11)6-5-9-12-4-2/h3-9H,2,11H2,1H3/b6-5+,8-7-,10-3-,12-9-. The van der Waals surface area contributed by atoms with Gasteiger partial charge in [0.05, 0.1) is 0 Å². The fourth-order valence-electron chi connectivity index (χ4n) is 0.624. The molecule has 2 nitrogen and oxygen atoms in total. The zero-order valence-electron chi connectivity index (χ0n) is 7.27. The van der Waals surface area contributed by atoms with Gasteiger partial charge < -0.3 is 5.73 Å². The molecule has 0 heterocycles. The van der Waals surface area contributed by atoms with Crippen LogP contribution in [0.2, 0.25) is 0 Å². The van der Waals surface area contributed by atoms with Crippen LogP contribution in [0.1, 0.15) is 6.92 Å². The molecule has 12 heavy (non-hydrogen) atoms. The molecular formula is C10H14N2. The highest BCUT2D eigenvalue weighted by molar-refractivity contribution is 5.72. The first kappa shape index (κ1) is 10.4. The molecule has 0 rings (SSSR count). The van der Waals surface area contributed by atoms with Crippen LogP contribution in [0.25, 0.3) is 0 Å². The molecule has 0 spiro atoms. The Morgan fingerprint density at radius 1 is 1.42 bits per heavy atom. The lowest BCUT2D eigenvalue weighted by atomic mass is 10.2. The summed E-state index contributed by atoms with van der Waals surface area (Å²) in [5.41, 5.74) is 6.28. The Bertz CT molecular complexity index is 232. The van der Waals surface area contributed by atoms with E-state index in [4.69, 9.17) is 5.73 Å². The molecule has 0 aromatic carbocycles. The fourth-order valence-corrected chi connectivity index (χ4v) is 0.624. The Kier molecular flexibility index (Phi) is 6.55. The lowest BCUT2D eigenvalue weighted by Gasteiger charge is -1.87. The summed E-state index contributed by atoms with van der Waals surface area (Å²) in [6.07, 6.45) is 12.2. The van der Waals surface area contributed by atoms with E-state index in [0.717, 1.165) is 5.57 Å². The van der Waals surface area contributed by atoms with Crippen LogP contribution in [-0.2, 0) is 0 Å². The van der Waals surface area contributed by atoms with Gasteiger partial charge in [-0.3, -0.25) is 4.99 Å². The highest BCUT2D eigenvalue weighted by atomic mass is 14.6. The van der Waals surface area contributed by atoms with Gasteiger partial charge in [-0.2, -0.15) is 0 Å². The van der Waals surface area contributed by atoms with Crippen molar-refractivity contribution in [3.05, 3.63) is 48.9 Å². The van der Waals surface area contributed by atoms with Gasteiger partial charge in [-0.1, -0.05) is 18.7 Å². The first-order valence-electron chi connectivity index (χ1n) is 3.70. The Hall–Kier alpha value is -1.57. The molecule has 0 aromatic rings. The Balaban J connectivity index is 4.12. The number of rotatable bonds is 4. The predicted molar refractivity (Wildman–Crippen MR) is 54.9 cm³/mol. The summed E-state index contributed by atoms with van der Waals surface area (Å²) >= 11 is 0. The third kappa shape index (κ3) is 5.23. The molecule has 0 bridgehead atoms. The average molecular weight is 162 g/mol. The van der Waals surface area contributed by atoms with Crippen LogP contribution in [0.4, 0.5) is 0 Å². The van der Waals surface area contributed by atoms with Crippen molar-refractivity contribution in [2.75, 3.05) is 0 Å². The van der Waals surface area contributed by atoms with Crippen molar-refractivity contribution >= 4 is 6.21 Å². The maximum atomic E-state index is 5.23. The van der Waals surface area contributed by atoms with Gasteiger partial charge in [-0.05, 0) is 30.8 Å². The molecule has 64 valence electrons. The summed E-state index contributed by atoms with van der Waals surface area (Å²) in [6, 6.07) is 0. The van der Waals surface area contributed by atoms with Crippen LogP contribution in [0.15, 0.2) is 53.8 Å². The minimum atomic E-state index is 1.05. The minimum absolute atomic E-state index is 1.05. The Morgan fingerprint density at radius 2 is 2.17 bits per heavy atom. The van der Waals surface area contributed by atoms with Crippen molar-refractivity contribution in [2.24, 2.45) is 10.7 Å². The molecule has 0 saturated heterocycles. The second kappa shape index (κ2) is 7.54. The van der Waals surface area contributed by atoms with E-state index in [1.54, 1.807) is 6.21 Å². The quantitative estimate of drug-likeness (QED) is 0.499. The van der Waals surface area contributed by atoms with Crippen LogP contribution in [0, 0.1) is 0 Å². The van der Waals surface area contributed by atoms with E-state index in [9.17, 15) is 0 Å². The first-order chi connectivity index (χ1) is 5.85. The third-order valence-corrected chi connectivity index (χ3v) is 1.19. The molecule has 0 unspecified atom stereocenters. The SMILES string of the molecule is C=C\N=C/C=C/C(/C=C\N)=C/C. The normalized spacial score (nSPS) is 13.6. The second-order valence-corrected chi connectivity index (χ2v) is 1.99. The summed E-state index contributed by atoms with van der Waals surface area (Å²) in [5.74, 6) is 0. The Labute approximate surface area is 73.5 Å². The molecular weight excluding hydrogens is 148 g/mol. The lowest BCUT2D eigenvalue weighted by Crippen LogP contribution is -1.78. The van der Waals surface area contributed by atoms with E-state index >= 15 is 0 Å². The van der Waals surface area contributed by atoms with E-state index in [1.165, 1.54) is 12.4 Å². The lowest BCUT2D eigenvalue weighted by molar-refractivity contribution is 1.53. The van der Waals surface area contributed by atoms with E-state index < -0.39 is 0 Å². The van der Waals surface area contributed by atoms with E-state index in [0.29, 0.717) is 0 Å². The predicted octanol–water partition coefficient (Wildman–Crippen LogP) is 2.18. The van der Waals surface area contributed by atoms with Crippen molar-refractivity contribution in [1.82, 2.24) is 0 Å². The van der Waals surface area contributed by atoms with Gasteiger partial charge in [0, 0.05) is 12.4 Å². The molecule has 0 saturated carbocycles. The molecule has 0 fully saturated rings. The van der Waals surface area contributed by atoms with E-state index in [1.807, 2.05) is 31.2 Å². The summed E-state index contributed by atoms with van der Waals surface area (Å²) in [7, 11) is 0. The van der Waals surface area contributed by atoms with Gasteiger partial charge in [0.1, 0.15) is 0 Å². The third-order valence-electron chi connectivity index (χ3n) is 1.19. The molecule has 0 aliphatic heterocycles. The van der Waals surface area contributed by atoms with Gasteiger partial charge in [0.15, 0.2) is 0 Å². The maximum absolute atomic E-state index is 5.23. The van der Waals surface area contributed by atoms with Crippen LogP contribution in [-0.4, -0.2) is 6.21 Å². The summed E-state index contributed by atoms with van der Waals surface area (Å²) in [5, 5.41) is 0. The number of nitrogens with two attached hydrogens (primary N) is 1. The fraction of sp³-hybridized carbons (Fsp3) is 0.100. The number of hydrogen-bond donors (Lipinski definition) is 1. The number of aliphatic imine (C=N–C) groups is 1. The first-order valence-corrected chi connectivity index (χ1v) is 3.70. The largest absolute Gasteiger partial charge is 0.405 e. The van der Waals surface area contributed by atoms with Crippen molar-refractivity contribution in [2.45, 2.75) is 6.92 Å². The van der Waals surface area contributed by atoms with E-state index in [-0.39, 0.29) is 0 Å². The molecule has 0 amide bonds. The summed E-state index contributed by atoms with van der Waals surface area (Å²) in [4.78, 5) is 3.81. The molecule has 0 atom stereocenters.